The number of aryl methyl sites for hydroxylation is 1. The molecule has 0 aliphatic rings. The third kappa shape index (κ3) is 4.54. The van der Waals surface area contributed by atoms with E-state index in [4.69, 9.17) is 4.74 Å². The van der Waals surface area contributed by atoms with Gasteiger partial charge in [0.15, 0.2) is 0 Å². The number of nitrogens with zero attached hydrogens (tertiary/aromatic N) is 4. The van der Waals surface area contributed by atoms with Crippen molar-refractivity contribution in [3.8, 4) is 5.75 Å². The van der Waals surface area contributed by atoms with Crippen molar-refractivity contribution in [2.75, 3.05) is 18.5 Å². The van der Waals surface area contributed by atoms with Crippen molar-refractivity contribution in [3.63, 3.8) is 0 Å². The highest BCUT2D eigenvalue weighted by Gasteiger charge is 2.10. The topological polar surface area (TPSA) is 64.3 Å². The Morgan fingerprint density at radius 2 is 1.72 bits per heavy atom. The van der Waals surface area contributed by atoms with Crippen LogP contribution in [0.2, 0.25) is 0 Å². The van der Waals surface area contributed by atoms with Crippen LogP contribution in [0.5, 0.6) is 5.75 Å². The normalized spacial score (nSPS) is 11.0. The lowest BCUT2D eigenvalue weighted by molar-refractivity contribution is 0.315. The molecule has 6 nitrogen and oxygen atoms in total. The van der Waals surface area contributed by atoms with E-state index >= 15 is 0 Å². The fourth-order valence-electron chi connectivity index (χ4n) is 3.24. The SMILES string of the molecule is Cc1nc2ncnn2c(NCCCOc2ccc(Cc3ccccc3)cc2)c1C. The van der Waals surface area contributed by atoms with Crippen LogP contribution in [0.25, 0.3) is 5.78 Å². The largest absolute Gasteiger partial charge is 0.494 e. The first kappa shape index (κ1) is 18.9. The van der Waals surface area contributed by atoms with E-state index in [0.717, 1.165) is 42.2 Å². The molecule has 0 aliphatic heterocycles. The van der Waals surface area contributed by atoms with Crippen LogP contribution in [0, 0.1) is 13.8 Å². The molecule has 0 saturated carbocycles. The number of hydrogen-bond acceptors (Lipinski definition) is 5. The Bertz CT molecular complexity index is 1070. The molecule has 1 N–H and O–H groups in total. The third-order valence-electron chi connectivity index (χ3n) is 4.96. The molecule has 0 radical (unpaired) electrons. The van der Waals surface area contributed by atoms with E-state index in [2.05, 4.69) is 56.8 Å². The summed E-state index contributed by atoms with van der Waals surface area (Å²) in [7, 11) is 0. The van der Waals surface area contributed by atoms with Crippen LogP contribution in [0.3, 0.4) is 0 Å². The van der Waals surface area contributed by atoms with Gasteiger partial charge in [-0.25, -0.2) is 4.98 Å². The van der Waals surface area contributed by atoms with Gasteiger partial charge in [0.1, 0.15) is 17.9 Å². The second-order valence-electron chi connectivity index (χ2n) is 7.08. The van der Waals surface area contributed by atoms with Gasteiger partial charge < -0.3 is 10.1 Å². The number of hydrogen-bond donors (Lipinski definition) is 1. The van der Waals surface area contributed by atoms with Crippen LogP contribution in [-0.4, -0.2) is 32.7 Å². The molecule has 0 atom stereocenters. The minimum atomic E-state index is 0.613. The second-order valence-corrected chi connectivity index (χ2v) is 7.08. The lowest BCUT2D eigenvalue weighted by Gasteiger charge is -2.13. The molecular formula is C23H25N5O. The van der Waals surface area contributed by atoms with Gasteiger partial charge in [0.25, 0.3) is 5.78 Å². The second kappa shape index (κ2) is 8.73. The minimum Gasteiger partial charge on any atom is -0.494 e. The van der Waals surface area contributed by atoms with E-state index < -0.39 is 0 Å². The first-order chi connectivity index (χ1) is 14.2. The van der Waals surface area contributed by atoms with Crippen molar-refractivity contribution < 1.29 is 4.74 Å². The minimum absolute atomic E-state index is 0.613. The van der Waals surface area contributed by atoms with Crippen LogP contribution in [0.15, 0.2) is 60.9 Å². The summed E-state index contributed by atoms with van der Waals surface area (Å²) >= 11 is 0. The number of fused-ring (bicyclic) bond motifs is 1. The Morgan fingerprint density at radius 1 is 0.966 bits per heavy atom. The van der Waals surface area contributed by atoms with E-state index in [-0.39, 0.29) is 0 Å². The van der Waals surface area contributed by atoms with Gasteiger partial charge in [-0.1, -0.05) is 42.5 Å². The Morgan fingerprint density at radius 3 is 2.52 bits per heavy atom. The highest BCUT2D eigenvalue weighted by Crippen LogP contribution is 2.18. The number of anilines is 1. The molecular weight excluding hydrogens is 362 g/mol. The summed E-state index contributed by atoms with van der Waals surface area (Å²) < 4.78 is 7.63. The van der Waals surface area contributed by atoms with Crippen molar-refractivity contribution in [1.29, 1.82) is 0 Å². The Hall–Kier alpha value is -3.41. The third-order valence-corrected chi connectivity index (χ3v) is 4.96. The molecule has 2 heterocycles. The maximum atomic E-state index is 5.89. The van der Waals surface area contributed by atoms with Gasteiger partial charge in [0.2, 0.25) is 0 Å². The number of ether oxygens (including phenoxy) is 1. The molecule has 6 heteroatoms. The van der Waals surface area contributed by atoms with E-state index in [1.165, 1.54) is 17.5 Å². The Kier molecular flexibility index (Phi) is 5.70. The van der Waals surface area contributed by atoms with Gasteiger partial charge in [-0.15, -0.1) is 0 Å². The number of nitrogens with one attached hydrogen (secondary N) is 1. The highest BCUT2D eigenvalue weighted by atomic mass is 16.5. The predicted octanol–water partition coefficient (Wildman–Crippen LogP) is 4.21. The first-order valence-corrected chi connectivity index (χ1v) is 9.87. The van der Waals surface area contributed by atoms with Crippen LogP contribution in [0.4, 0.5) is 5.82 Å². The van der Waals surface area contributed by atoms with Gasteiger partial charge in [-0.3, -0.25) is 0 Å². The summed E-state index contributed by atoms with van der Waals surface area (Å²) in [5, 5.41) is 7.70. The van der Waals surface area contributed by atoms with Crippen molar-refractivity contribution >= 4 is 11.6 Å². The summed E-state index contributed by atoms with van der Waals surface area (Å²) in [5.41, 5.74) is 4.64. The predicted molar refractivity (Wildman–Crippen MR) is 115 cm³/mol. The van der Waals surface area contributed by atoms with E-state index in [9.17, 15) is 0 Å². The van der Waals surface area contributed by atoms with Gasteiger partial charge in [0.05, 0.1) is 6.61 Å². The maximum absolute atomic E-state index is 5.89. The molecule has 2 aromatic carbocycles. The average Bonchev–Trinajstić information content (AvgIpc) is 3.20. The molecule has 0 saturated heterocycles. The Balaban J connectivity index is 1.26. The quantitative estimate of drug-likeness (QED) is 0.459. The summed E-state index contributed by atoms with van der Waals surface area (Å²) in [5.74, 6) is 2.45. The zero-order valence-corrected chi connectivity index (χ0v) is 16.8. The monoisotopic (exact) mass is 387 g/mol. The zero-order chi connectivity index (χ0) is 20.1. The van der Waals surface area contributed by atoms with Gasteiger partial charge in [0, 0.05) is 17.8 Å². The van der Waals surface area contributed by atoms with E-state index in [1.54, 1.807) is 4.52 Å². The fraction of sp³-hybridized carbons (Fsp3) is 0.261. The highest BCUT2D eigenvalue weighted by molar-refractivity contribution is 5.51. The summed E-state index contributed by atoms with van der Waals surface area (Å²) in [6.07, 6.45) is 3.34. The lowest BCUT2D eigenvalue weighted by atomic mass is 10.1. The fourth-order valence-corrected chi connectivity index (χ4v) is 3.24. The van der Waals surface area contributed by atoms with E-state index in [1.807, 2.05) is 32.0 Å². The molecule has 4 rings (SSSR count). The molecule has 0 bridgehead atoms. The molecule has 0 aliphatic carbocycles. The van der Waals surface area contributed by atoms with E-state index in [0.29, 0.717) is 12.4 Å². The molecule has 29 heavy (non-hydrogen) atoms. The standard InChI is InChI=1S/C23H25N5O/c1-17-18(2)27-23-25-16-26-28(23)22(17)24-13-6-14-29-21-11-9-20(10-12-21)15-19-7-4-3-5-8-19/h3-5,7-12,16,24H,6,13-15H2,1-2H3. The smallest absolute Gasteiger partial charge is 0.254 e. The van der Waals surface area contributed by atoms with Crippen molar-refractivity contribution in [3.05, 3.63) is 83.3 Å². The van der Waals surface area contributed by atoms with Crippen molar-refractivity contribution in [2.24, 2.45) is 0 Å². The Labute approximate surface area is 170 Å². The maximum Gasteiger partial charge on any atom is 0.254 e. The summed E-state index contributed by atoms with van der Waals surface area (Å²) in [6, 6.07) is 18.8. The number of benzene rings is 2. The van der Waals surface area contributed by atoms with Crippen LogP contribution >= 0.6 is 0 Å². The summed E-state index contributed by atoms with van der Waals surface area (Å²) in [6.45, 7) is 5.46. The lowest BCUT2D eigenvalue weighted by Crippen LogP contribution is -2.13. The molecule has 0 amide bonds. The van der Waals surface area contributed by atoms with Gasteiger partial charge in [-0.2, -0.15) is 14.6 Å². The molecule has 4 aromatic rings. The zero-order valence-electron chi connectivity index (χ0n) is 16.8. The van der Waals surface area contributed by atoms with Crippen molar-refractivity contribution in [1.82, 2.24) is 19.6 Å². The number of aromatic nitrogens is 4. The van der Waals surface area contributed by atoms with Crippen LogP contribution in [0.1, 0.15) is 28.8 Å². The molecule has 0 fully saturated rings. The molecule has 148 valence electrons. The van der Waals surface area contributed by atoms with Gasteiger partial charge in [-0.05, 0) is 49.9 Å². The molecule has 2 aromatic heterocycles. The van der Waals surface area contributed by atoms with Gasteiger partial charge >= 0.3 is 0 Å². The molecule has 0 unspecified atom stereocenters. The van der Waals surface area contributed by atoms with Crippen molar-refractivity contribution in [2.45, 2.75) is 26.7 Å². The first-order valence-electron chi connectivity index (χ1n) is 9.87. The van der Waals surface area contributed by atoms with Crippen LogP contribution in [-0.2, 0) is 6.42 Å². The number of rotatable bonds is 8. The summed E-state index contributed by atoms with van der Waals surface area (Å²) in [4.78, 5) is 8.61. The average molecular weight is 387 g/mol. The molecule has 0 spiro atoms. The van der Waals surface area contributed by atoms with Crippen LogP contribution < -0.4 is 10.1 Å².